The summed E-state index contributed by atoms with van der Waals surface area (Å²) in [6.45, 7) is 0.228. The van der Waals surface area contributed by atoms with Gasteiger partial charge in [0, 0.05) is 11.5 Å². The minimum atomic E-state index is -0.588. The van der Waals surface area contributed by atoms with Crippen molar-refractivity contribution in [3.63, 3.8) is 0 Å². The third-order valence-electron chi connectivity index (χ3n) is 2.06. The Morgan fingerprint density at radius 3 is 2.78 bits per heavy atom. The van der Waals surface area contributed by atoms with Crippen LogP contribution in [0.4, 0.5) is 0 Å². The largest absolute Gasteiger partial charge is 0.491 e. The molecule has 1 unspecified atom stereocenters. The molecule has 1 rings (SSSR count). The van der Waals surface area contributed by atoms with Gasteiger partial charge >= 0.3 is 0 Å². The molecule has 2 N–H and O–H groups in total. The van der Waals surface area contributed by atoms with Gasteiger partial charge in [0.2, 0.25) is 0 Å². The Morgan fingerprint density at radius 2 is 2.17 bits per heavy atom. The van der Waals surface area contributed by atoms with Crippen molar-refractivity contribution in [3.05, 3.63) is 30.3 Å². The van der Waals surface area contributed by atoms with Crippen LogP contribution in [0.2, 0.25) is 0 Å². The molecular weight excluding hydrogens is 270 g/mol. The van der Waals surface area contributed by atoms with E-state index < -0.39 is 6.10 Å². The van der Waals surface area contributed by atoms with Crippen molar-refractivity contribution in [2.45, 2.75) is 12.1 Å². The number of rotatable bonds is 9. The molecule has 2 atom stereocenters. The van der Waals surface area contributed by atoms with Crippen LogP contribution in [-0.4, -0.2) is 41.7 Å². The highest BCUT2D eigenvalue weighted by molar-refractivity contribution is 7.97. The molecule has 100 valence electrons. The molecule has 0 radical (unpaired) electrons. The van der Waals surface area contributed by atoms with Crippen molar-refractivity contribution in [2.24, 2.45) is 0 Å². The van der Waals surface area contributed by atoms with Gasteiger partial charge in [0.1, 0.15) is 18.6 Å². The minimum Gasteiger partial charge on any atom is -0.491 e. The highest BCUT2D eigenvalue weighted by atomic mass is 32.2. The molecule has 0 aliphatic heterocycles. The van der Waals surface area contributed by atoms with E-state index in [1.165, 1.54) is 11.9 Å². The highest BCUT2D eigenvalue weighted by Gasteiger charge is 2.08. The van der Waals surface area contributed by atoms with Crippen molar-refractivity contribution in [1.82, 2.24) is 4.72 Å². The molecule has 0 fully saturated rings. The van der Waals surface area contributed by atoms with E-state index in [9.17, 15) is 9.90 Å². The third-order valence-corrected chi connectivity index (χ3v) is 3.47. The van der Waals surface area contributed by atoms with Gasteiger partial charge in [-0.25, -0.2) is 0 Å². The van der Waals surface area contributed by atoms with Crippen LogP contribution in [0.3, 0.4) is 0 Å². The smallest absolute Gasteiger partial charge is 0.138 e. The number of benzene rings is 1. The summed E-state index contributed by atoms with van der Waals surface area (Å²) in [5.41, 5.74) is 0. The number of aliphatic hydroxyl groups excluding tert-OH is 1. The van der Waals surface area contributed by atoms with Gasteiger partial charge in [0.25, 0.3) is 0 Å². The first-order chi connectivity index (χ1) is 8.76. The van der Waals surface area contributed by atoms with E-state index >= 15 is 0 Å². The van der Waals surface area contributed by atoms with E-state index in [1.54, 1.807) is 0 Å². The maximum absolute atomic E-state index is 10.5. The molecule has 6 heteroatoms. The Balaban J connectivity index is 2.14. The maximum atomic E-state index is 10.5. The second-order valence-electron chi connectivity index (χ2n) is 3.63. The van der Waals surface area contributed by atoms with E-state index in [4.69, 9.17) is 4.74 Å². The monoisotopic (exact) mass is 287 g/mol. The van der Waals surface area contributed by atoms with E-state index in [1.807, 2.05) is 30.3 Å². The molecular formula is C12H17NO3S2. The van der Waals surface area contributed by atoms with E-state index in [2.05, 4.69) is 17.4 Å². The lowest BCUT2D eigenvalue weighted by atomic mass is 10.3. The number of hydrogen-bond acceptors (Lipinski definition) is 6. The molecule has 18 heavy (non-hydrogen) atoms. The minimum absolute atomic E-state index is 0.228. The average Bonchev–Trinajstić information content (AvgIpc) is 2.42. The van der Waals surface area contributed by atoms with Crippen molar-refractivity contribution < 1.29 is 14.6 Å². The molecule has 0 aliphatic carbocycles. The lowest BCUT2D eigenvalue weighted by Crippen LogP contribution is -2.29. The first-order valence-corrected chi connectivity index (χ1v) is 7.17. The summed E-state index contributed by atoms with van der Waals surface area (Å²) in [4.78, 5) is 10.5. The summed E-state index contributed by atoms with van der Waals surface area (Å²) in [6.07, 6.45) is 0.210. The van der Waals surface area contributed by atoms with Gasteiger partial charge < -0.3 is 14.6 Å². The normalized spacial score (nSPS) is 13.9. The Bertz CT molecular complexity index is 337. The number of thiol groups is 1. The van der Waals surface area contributed by atoms with Gasteiger partial charge in [-0.15, -0.1) is 0 Å². The average molecular weight is 287 g/mol. The van der Waals surface area contributed by atoms with Gasteiger partial charge in [-0.2, -0.15) is 12.6 Å². The molecule has 0 aromatic heterocycles. The topological polar surface area (TPSA) is 58.6 Å². The summed E-state index contributed by atoms with van der Waals surface area (Å²) in [6, 6.07) is 9.03. The number of ether oxygens (including phenoxy) is 1. The molecule has 0 saturated heterocycles. The predicted octanol–water partition coefficient (Wildman–Crippen LogP) is 1.16. The molecule has 0 amide bonds. The Hall–Kier alpha value is -0.690. The first kappa shape index (κ1) is 15.4. The molecule has 0 bridgehead atoms. The summed E-state index contributed by atoms with van der Waals surface area (Å²) >= 11 is 5.31. The molecule has 0 saturated carbocycles. The summed E-state index contributed by atoms with van der Waals surface area (Å²) < 4.78 is 8.31. The number of hydrogen-bond donors (Lipinski definition) is 3. The quantitative estimate of drug-likeness (QED) is 0.361. The summed E-state index contributed by atoms with van der Waals surface area (Å²) in [7, 11) is 0. The van der Waals surface area contributed by atoms with Crippen LogP contribution >= 0.6 is 24.6 Å². The zero-order chi connectivity index (χ0) is 13.2. The number of nitrogens with one attached hydrogen (secondary N) is 1. The first-order valence-electron chi connectivity index (χ1n) is 5.55. The predicted molar refractivity (Wildman–Crippen MR) is 77.2 cm³/mol. The van der Waals surface area contributed by atoms with Crippen LogP contribution < -0.4 is 9.46 Å². The second kappa shape index (κ2) is 9.27. The Labute approximate surface area is 117 Å². The lowest BCUT2D eigenvalue weighted by molar-refractivity contribution is -0.108. The number of aldehydes is 1. The molecule has 0 heterocycles. The van der Waals surface area contributed by atoms with Crippen LogP contribution in [0.1, 0.15) is 0 Å². The van der Waals surface area contributed by atoms with Crippen LogP contribution in [-0.2, 0) is 4.79 Å². The second-order valence-corrected chi connectivity index (χ2v) is 4.85. The van der Waals surface area contributed by atoms with Crippen LogP contribution in [0, 0.1) is 0 Å². The van der Waals surface area contributed by atoms with Crippen molar-refractivity contribution in [1.29, 1.82) is 0 Å². The number of para-hydroxylation sites is 1. The van der Waals surface area contributed by atoms with Crippen molar-refractivity contribution in [3.8, 4) is 5.75 Å². The van der Waals surface area contributed by atoms with Crippen molar-refractivity contribution >= 4 is 30.9 Å². The number of aliphatic hydroxyl groups is 1. The molecule has 1 aromatic carbocycles. The maximum Gasteiger partial charge on any atom is 0.138 e. The molecule has 4 nitrogen and oxygen atoms in total. The van der Waals surface area contributed by atoms with Crippen LogP contribution in [0.25, 0.3) is 0 Å². The fourth-order valence-corrected chi connectivity index (χ4v) is 2.16. The summed E-state index contributed by atoms with van der Waals surface area (Å²) in [5.74, 6) is 1.62. The van der Waals surface area contributed by atoms with Gasteiger partial charge in [-0.05, 0) is 12.1 Å². The van der Waals surface area contributed by atoms with E-state index in [-0.39, 0.29) is 12.6 Å². The zero-order valence-corrected chi connectivity index (χ0v) is 11.6. The molecule has 0 spiro atoms. The number of carbonyl (C=O) groups is 1. The standard InChI is InChI=1S/C12H17NO3S2/c14-6-10(8-17)13-18-9-11(15)7-16-12-4-2-1-3-5-12/h1-6,10-11,13,15,17H,7-9H2/t10-,11?/m0/s1. The molecule has 0 aliphatic rings. The third kappa shape index (κ3) is 6.30. The van der Waals surface area contributed by atoms with Crippen LogP contribution in [0.15, 0.2) is 30.3 Å². The van der Waals surface area contributed by atoms with Gasteiger partial charge in [-0.3, -0.25) is 4.72 Å². The van der Waals surface area contributed by atoms with Gasteiger partial charge in [0.15, 0.2) is 0 Å². The SMILES string of the molecule is O=C[C@@H](CS)NSCC(O)COc1ccccc1. The fourth-order valence-electron chi connectivity index (χ4n) is 1.12. The Kier molecular flexibility index (Phi) is 7.91. The molecule has 1 aromatic rings. The fraction of sp³-hybridized carbons (Fsp3) is 0.417. The summed E-state index contributed by atoms with van der Waals surface area (Å²) in [5, 5.41) is 9.68. The lowest BCUT2D eigenvalue weighted by Gasteiger charge is -2.13. The van der Waals surface area contributed by atoms with Crippen LogP contribution in [0.5, 0.6) is 5.75 Å². The highest BCUT2D eigenvalue weighted by Crippen LogP contribution is 2.09. The van der Waals surface area contributed by atoms with E-state index in [0.29, 0.717) is 11.5 Å². The number of carbonyl (C=O) groups excluding carboxylic acids is 1. The van der Waals surface area contributed by atoms with Crippen molar-refractivity contribution in [2.75, 3.05) is 18.1 Å². The Morgan fingerprint density at radius 1 is 1.44 bits per heavy atom. The zero-order valence-electron chi connectivity index (χ0n) is 9.86. The van der Waals surface area contributed by atoms with Gasteiger partial charge in [0.05, 0.1) is 12.1 Å². The van der Waals surface area contributed by atoms with Gasteiger partial charge in [-0.1, -0.05) is 30.1 Å². The van der Waals surface area contributed by atoms with E-state index in [0.717, 1.165) is 12.0 Å².